The minimum Gasteiger partial charge on any atom is -0.269 e. The van der Waals surface area contributed by atoms with Crippen LogP contribution in [0.3, 0.4) is 0 Å². The van der Waals surface area contributed by atoms with Crippen LogP contribution in [0.15, 0.2) is 18.2 Å². The zero-order valence-corrected chi connectivity index (χ0v) is 8.80. The Morgan fingerprint density at radius 1 is 1.06 bits per heavy atom. The Kier molecular flexibility index (Phi) is 2.51. The second-order valence-electron chi connectivity index (χ2n) is 3.35. The van der Waals surface area contributed by atoms with Gasteiger partial charge in [-0.2, -0.15) is 10.5 Å². The Bertz CT molecular complexity index is 666. The normalized spacial score (nSPS) is 14.1. The van der Waals surface area contributed by atoms with Crippen LogP contribution >= 0.6 is 0 Å². The monoisotopic (exact) mass is 240 g/mol. The maximum absolute atomic E-state index is 11.4. The topological polar surface area (TPSA) is 114 Å². The highest BCUT2D eigenvalue weighted by atomic mass is 16.2. The van der Waals surface area contributed by atoms with E-state index >= 15 is 0 Å². The molecule has 4 amide bonds. The Labute approximate surface area is 101 Å². The van der Waals surface area contributed by atoms with E-state index in [4.69, 9.17) is 10.5 Å². The van der Waals surface area contributed by atoms with E-state index in [0.29, 0.717) is 4.90 Å². The Hall–Kier alpha value is -3.19. The lowest BCUT2D eigenvalue weighted by molar-refractivity contribution is -0.134. The molecular weight excluding hydrogens is 236 g/mol. The van der Waals surface area contributed by atoms with E-state index in [1.165, 1.54) is 18.2 Å². The minimum absolute atomic E-state index is 0.0231. The first kappa shape index (κ1) is 11.3. The highest BCUT2D eigenvalue weighted by Gasteiger charge is 2.38. The molecule has 0 bridgehead atoms. The summed E-state index contributed by atoms with van der Waals surface area (Å²) < 4.78 is 0. The van der Waals surface area contributed by atoms with Crippen LogP contribution in [0.5, 0.6) is 0 Å². The number of nitrogens with one attached hydrogen (secondary N) is 1. The van der Waals surface area contributed by atoms with Gasteiger partial charge in [0.25, 0.3) is 0 Å². The standard InChI is InChI=1S/C11H4N4O3/c12-4-6-1-2-8(3-7(6)5-13)15-10(17)9(16)14-11(15)18/h1-3H,(H,14,16,18). The molecule has 0 unspecified atom stereocenters. The van der Waals surface area contributed by atoms with Crippen LogP contribution in [0.2, 0.25) is 0 Å². The smallest absolute Gasteiger partial charge is 0.269 e. The van der Waals surface area contributed by atoms with Gasteiger partial charge in [-0.1, -0.05) is 0 Å². The van der Waals surface area contributed by atoms with Crippen molar-refractivity contribution in [3.63, 3.8) is 0 Å². The molecule has 7 nitrogen and oxygen atoms in total. The number of rotatable bonds is 1. The van der Waals surface area contributed by atoms with Crippen molar-refractivity contribution >= 4 is 23.5 Å². The predicted molar refractivity (Wildman–Crippen MR) is 56.9 cm³/mol. The van der Waals surface area contributed by atoms with E-state index in [1.807, 2.05) is 5.32 Å². The summed E-state index contributed by atoms with van der Waals surface area (Å²) in [4.78, 5) is 34.4. The Morgan fingerprint density at radius 3 is 2.22 bits per heavy atom. The molecule has 1 aliphatic heterocycles. The Morgan fingerprint density at radius 2 is 1.72 bits per heavy atom. The molecular formula is C11H4N4O3. The third kappa shape index (κ3) is 1.56. The van der Waals surface area contributed by atoms with E-state index in [9.17, 15) is 14.4 Å². The number of anilines is 1. The lowest BCUT2D eigenvalue weighted by atomic mass is 10.1. The largest absolute Gasteiger partial charge is 0.336 e. The average molecular weight is 240 g/mol. The summed E-state index contributed by atoms with van der Waals surface area (Å²) in [5.41, 5.74) is 0.216. The molecule has 0 saturated carbocycles. The van der Waals surface area contributed by atoms with Crippen LogP contribution in [0.25, 0.3) is 0 Å². The number of carbonyl (C=O) groups is 3. The van der Waals surface area contributed by atoms with Gasteiger partial charge in [0.15, 0.2) is 0 Å². The summed E-state index contributed by atoms with van der Waals surface area (Å²) in [6.07, 6.45) is 0. The summed E-state index contributed by atoms with van der Waals surface area (Å²) in [5, 5.41) is 19.4. The zero-order chi connectivity index (χ0) is 13.3. The summed E-state index contributed by atoms with van der Waals surface area (Å²) in [7, 11) is 0. The number of amides is 4. The van der Waals surface area contributed by atoms with Crippen LogP contribution in [0, 0.1) is 22.7 Å². The number of hydrogen-bond donors (Lipinski definition) is 1. The van der Waals surface area contributed by atoms with E-state index in [-0.39, 0.29) is 16.8 Å². The second-order valence-corrected chi connectivity index (χ2v) is 3.35. The van der Waals surface area contributed by atoms with Gasteiger partial charge < -0.3 is 0 Å². The molecule has 1 N–H and O–H groups in total. The quantitative estimate of drug-likeness (QED) is 0.548. The van der Waals surface area contributed by atoms with Crippen LogP contribution in [-0.4, -0.2) is 17.8 Å². The first-order valence-corrected chi connectivity index (χ1v) is 4.72. The highest BCUT2D eigenvalue weighted by molar-refractivity contribution is 6.53. The summed E-state index contributed by atoms with van der Waals surface area (Å²) in [6, 6.07) is 6.52. The van der Waals surface area contributed by atoms with Crippen LogP contribution < -0.4 is 10.2 Å². The third-order valence-corrected chi connectivity index (χ3v) is 2.32. The molecule has 0 aromatic heterocycles. The molecule has 0 spiro atoms. The molecule has 1 aromatic carbocycles. The van der Waals surface area contributed by atoms with Crippen molar-refractivity contribution in [3.8, 4) is 12.1 Å². The maximum Gasteiger partial charge on any atom is 0.336 e. The van der Waals surface area contributed by atoms with Gasteiger partial charge in [0, 0.05) is 0 Å². The van der Waals surface area contributed by atoms with Crippen molar-refractivity contribution < 1.29 is 14.4 Å². The van der Waals surface area contributed by atoms with E-state index in [2.05, 4.69) is 0 Å². The molecule has 18 heavy (non-hydrogen) atoms. The molecule has 1 fully saturated rings. The first-order valence-electron chi connectivity index (χ1n) is 4.72. The molecule has 7 heteroatoms. The lowest BCUT2D eigenvalue weighted by Crippen LogP contribution is -2.30. The van der Waals surface area contributed by atoms with Crippen molar-refractivity contribution in [1.82, 2.24) is 5.32 Å². The fourth-order valence-corrected chi connectivity index (χ4v) is 1.50. The van der Waals surface area contributed by atoms with Gasteiger partial charge in [-0.25, -0.2) is 9.69 Å². The summed E-state index contributed by atoms with van der Waals surface area (Å²) in [6.45, 7) is 0. The molecule has 1 saturated heterocycles. The van der Waals surface area contributed by atoms with Gasteiger partial charge in [0.2, 0.25) is 0 Å². The van der Waals surface area contributed by atoms with Crippen molar-refractivity contribution in [2.24, 2.45) is 0 Å². The van der Waals surface area contributed by atoms with Crippen molar-refractivity contribution in [3.05, 3.63) is 29.3 Å². The molecule has 2 rings (SSSR count). The fraction of sp³-hybridized carbons (Fsp3) is 0. The van der Waals surface area contributed by atoms with Crippen molar-refractivity contribution in [1.29, 1.82) is 10.5 Å². The number of imide groups is 2. The van der Waals surface area contributed by atoms with Gasteiger partial charge in [-0.05, 0) is 18.2 Å². The van der Waals surface area contributed by atoms with E-state index in [0.717, 1.165) is 0 Å². The van der Waals surface area contributed by atoms with Gasteiger partial charge in [0.05, 0.1) is 16.8 Å². The third-order valence-electron chi connectivity index (χ3n) is 2.32. The van der Waals surface area contributed by atoms with Crippen LogP contribution in [0.1, 0.15) is 11.1 Å². The molecule has 0 radical (unpaired) electrons. The minimum atomic E-state index is -1.03. The molecule has 1 aromatic rings. The summed E-state index contributed by atoms with van der Waals surface area (Å²) in [5.74, 6) is -2.04. The SMILES string of the molecule is N#Cc1ccc(N2C(=O)NC(=O)C2=O)cc1C#N. The average Bonchev–Trinajstić information content (AvgIpc) is 2.62. The second kappa shape index (κ2) is 4.00. The van der Waals surface area contributed by atoms with Crippen LogP contribution in [0.4, 0.5) is 10.5 Å². The first-order chi connectivity index (χ1) is 8.58. The number of carbonyl (C=O) groups excluding carboxylic acids is 3. The Balaban J connectivity index is 2.51. The van der Waals surface area contributed by atoms with Crippen molar-refractivity contribution in [2.45, 2.75) is 0 Å². The number of urea groups is 1. The molecule has 0 atom stereocenters. The zero-order valence-electron chi connectivity index (χ0n) is 8.80. The van der Waals surface area contributed by atoms with E-state index in [1.54, 1.807) is 12.1 Å². The molecule has 0 aliphatic carbocycles. The van der Waals surface area contributed by atoms with Gasteiger partial charge in [-0.15, -0.1) is 0 Å². The number of hydrogen-bond acceptors (Lipinski definition) is 5. The number of nitrogens with zero attached hydrogens (tertiary/aromatic N) is 3. The van der Waals surface area contributed by atoms with Gasteiger partial charge in [0.1, 0.15) is 12.1 Å². The van der Waals surface area contributed by atoms with Crippen LogP contribution in [-0.2, 0) is 9.59 Å². The van der Waals surface area contributed by atoms with Crippen molar-refractivity contribution in [2.75, 3.05) is 4.90 Å². The molecule has 1 aliphatic rings. The summed E-state index contributed by atoms with van der Waals surface area (Å²) >= 11 is 0. The maximum atomic E-state index is 11.4. The van der Waals surface area contributed by atoms with E-state index < -0.39 is 17.8 Å². The van der Waals surface area contributed by atoms with Gasteiger partial charge >= 0.3 is 17.8 Å². The highest BCUT2D eigenvalue weighted by Crippen LogP contribution is 2.21. The fourth-order valence-electron chi connectivity index (χ4n) is 1.50. The molecule has 1 heterocycles. The molecule has 86 valence electrons. The lowest BCUT2D eigenvalue weighted by Gasteiger charge is -2.11. The number of nitriles is 2. The number of benzene rings is 1. The predicted octanol–water partition coefficient (Wildman–Crippen LogP) is 0.0128. The van der Waals surface area contributed by atoms with Gasteiger partial charge in [-0.3, -0.25) is 14.9 Å².